The van der Waals surface area contributed by atoms with Gasteiger partial charge in [-0.25, -0.2) is 4.79 Å². The molecule has 4 nitrogen and oxygen atoms in total. The second-order valence-electron chi connectivity index (χ2n) is 5.85. The van der Waals surface area contributed by atoms with Gasteiger partial charge in [-0.2, -0.15) is 0 Å². The second kappa shape index (κ2) is 9.62. The Balaban J connectivity index is 1.64. The van der Waals surface area contributed by atoms with Crippen LogP contribution in [0.5, 0.6) is 17.2 Å². The number of rotatable bonds is 7. The van der Waals surface area contributed by atoms with E-state index in [1.54, 1.807) is 36.4 Å². The third-order valence-electron chi connectivity index (χ3n) is 3.86. The second-order valence-corrected chi connectivity index (χ2v) is 6.25. The van der Waals surface area contributed by atoms with E-state index < -0.39 is 5.97 Å². The van der Waals surface area contributed by atoms with E-state index in [1.165, 1.54) is 7.11 Å². The molecule has 0 radical (unpaired) electrons. The molecule has 0 fully saturated rings. The molecule has 0 saturated heterocycles. The van der Waals surface area contributed by atoms with Gasteiger partial charge in [0.2, 0.25) is 0 Å². The predicted octanol–water partition coefficient (Wildman–Crippen LogP) is 5.50. The number of hydrogen-bond acceptors (Lipinski definition) is 4. The summed E-state index contributed by atoms with van der Waals surface area (Å²) in [6.45, 7) is -0.261. The Kier molecular flexibility index (Phi) is 6.71. The Morgan fingerprint density at radius 3 is 2.32 bits per heavy atom. The fourth-order valence-electron chi connectivity index (χ4n) is 2.48. The van der Waals surface area contributed by atoms with Gasteiger partial charge in [0.05, 0.1) is 12.1 Å². The molecule has 0 aliphatic rings. The van der Waals surface area contributed by atoms with Gasteiger partial charge in [0, 0.05) is 0 Å². The molecule has 0 aliphatic heterocycles. The first kappa shape index (κ1) is 19.5. The summed E-state index contributed by atoms with van der Waals surface area (Å²) in [5.74, 6) is 0.661. The molecule has 0 aliphatic carbocycles. The van der Waals surface area contributed by atoms with E-state index in [0.717, 1.165) is 11.1 Å². The Morgan fingerprint density at radius 2 is 1.57 bits per heavy atom. The third-order valence-corrected chi connectivity index (χ3v) is 4.17. The van der Waals surface area contributed by atoms with E-state index in [-0.39, 0.29) is 6.61 Å². The lowest BCUT2D eigenvalue weighted by Gasteiger charge is -2.11. The average Bonchev–Trinajstić information content (AvgIpc) is 2.73. The zero-order chi connectivity index (χ0) is 19.8. The predicted molar refractivity (Wildman–Crippen MR) is 111 cm³/mol. The van der Waals surface area contributed by atoms with Crippen molar-refractivity contribution < 1.29 is 19.0 Å². The van der Waals surface area contributed by atoms with Crippen LogP contribution in [0.4, 0.5) is 0 Å². The van der Waals surface area contributed by atoms with E-state index in [0.29, 0.717) is 22.3 Å². The summed E-state index contributed by atoms with van der Waals surface area (Å²) in [6, 6.07) is 22.2. The van der Waals surface area contributed by atoms with Crippen LogP contribution in [-0.2, 0) is 4.79 Å². The van der Waals surface area contributed by atoms with Gasteiger partial charge in [0.15, 0.2) is 18.1 Å². The summed E-state index contributed by atoms with van der Waals surface area (Å²) in [5, 5.41) is 0.433. The number of esters is 1. The number of carbonyl (C=O) groups excluding carboxylic acids is 1. The van der Waals surface area contributed by atoms with Crippen molar-refractivity contribution in [1.29, 1.82) is 0 Å². The maximum atomic E-state index is 12.1. The lowest BCUT2D eigenvalue weighted by Crippen LogP contribution is -2.18. The highest BCUT2D eigenvalue weighted by Crippen LogP contribution is 2.29. The number of hydrogen-bond donors (Lipinski definition) is 0. The molecule has 28 heavy (non-hydrogen) atoms. The molecule has 3 aromatic carbocycles. The fourth-order valence-corrected chi connectivity index (χ4v) is 2.67. The first-order valence-corrected chi connectivity index (χ1v) is 9.02. The number of methoxy groups -OCH3 is 1. The molecule has 0 amide bonds. The summed E-state index contributed by atoms with van der Waals surface area (Å²) in [4.78, 5) is 12.1. The Bertz CT molecular complexity index is 967. The quantitative estimate of drug-likeness (QED) is 0.301. The van der Waals surface area contributed by atoms with Gasteiger partial charge in [0.25, 0.3) is 0 Å². The molecule has 0 atom stereocenters. The zero-order valence-corrected chi connectivity index (χ0v) is 16.1. The van der Waals surface area contributed by atoms with Gasteiger partial charge in [0.1, 0.15) is 5.75 Å². The lowest BCUT2D eigenvalue weighted by molar-refractivity contribution is -0.136. The molecule has 0 heterocycles. The minimum atomic E-state index is -0.550. The van der Waals surface area contributed by atoms with Crippen molar-refractivity contribution in [3.8, 4) is 17.2 Å². The van der Waals surface area contributed by atoms with Crippen LogP contribution < -0.4 is 14.2 Å². The normalized spacial score (nSPS) is 10.6. The van der Waals surface area contributed by atoms with E-state index >= 15 is 0 Å². The van der Waals surface area contributed by atoms with Crippen molar-refractivity contribution in [2.45, 2.75) is 0 Å². The average molecular weight is 395 g/mol. The molecule has 3 rings (SSSR count). The zero-order valence-electron chi connectivity index (χ0n) is 15.3. The monoisotopic (exact) mass is 394 g/mol. The van der Waals surface area contributed by atoms with Crippen molar-refractivity contribution in [3.63, 3.8) is 0 Å². The molecule has 0 saturated carbocycles. The van der Waals surface area contributed by atoms with Crippen LogP contribution in [0.15, 0.2) is 72.8 Å². The maximum Gasteiger partial charge on any atom is 0.349 e. The lowest BCUT2D eigenvalue weighted by atomic mass is 10.1. The van der Waals surface area contributed by atoms with Crippen molar-refractivity contribution in [3.05, 3.63) is 88.9 Å². The van der Waals surface area contributed by atoms with E-state index in [2.05, 4.69) is 0 Å². The van der Waals surface area contributed by atoms with Crippen LogP contribution >= 0.6 is 11.6 Å². The number of para-hydroxylation sites is 1. The summed E-state index contributed by atoms with van der Waals surface area (Å²) in [7, 11) is 1.53. The molecular formula is C23H19ClO4. The Labute approximate surface area is 168 Å². The number of carbonyl (C=O) groups is 1. The molecule has 0 spiro atoms. The minimum Gasteiger partial charge on any atom is -0.493 e. The van der Waals surface area contributed by atoms with E-state index in [1.807, 2.05) is 48.6 Å². The van der Waals surface area contributed by atoms with Crippen molar-refractivity contribution in [1.82, 2.24) is 0 Å². The summed E-state index contributed by atoms with van der Waals surface area (Å²) in [5.41, 5.74) is 2.02. The standard InChI is InChI=1S/C23H19ClO4/c1-26-22-15-18(12-11-17-7-3-2-4-8-17)13-14-21(22)28-23(25)16-27-20-10-6-5-9-19(20)24/h2-15H,16H2,1H3/b12-11+. The summed E-state index contributed by atoms with van der Waals surface area (Å²) in [6.07, 6.45) is 3.96. The van der Waals surface area contributed by atoms with Gasteiger partial charge in [-0.3, -0.25) is 0 Å². The maximum absolute atomic E-state index is 12.1. The molecular weight excluding hydrogens is 376 g/mol. The molecule has 0 N–H and O–H groups in total. The van der Waals surface area contributed by atoms with Gasteiger partial charge >= 0.3 is 5.97 Å². The van der Waals surface area contributed by atoms with Crippen molar-refractivity contribution in [2.24, 2.45) is 0 Å². The highest BCUT2D eigenvalue weighted by molar-refractivity contribution is 6.32. The van der Waals surface area contributed by atoms with Crippen LogP contribution in [0.2, 0.25) is 5.02 Å². The largest absolute Gasteiger partial charge is 0.493 e. The summed E-state index contributed by atoms with van der Waals surface area (Å²) < 4.78 is 16.1. The molecule has 3 aromatic rings. The van der Waals surface area contributed by atoms with Crippen LogP contribution in [0.3, 0.4) is 0 Å². The number of ether oxygens (including phenoxy) is 3. The first-order chi connectivity index (χ1) is 13.7. The molecule has 5 heteroatoms. The minimum absolute atomic E-state index is 0.261. The van der Waals surface area contributed by atoms with Crippen LogP contribution in [0.25, 0.3) is 12.2 Å². The highest BCUT2D eigenvalue weighted by atomic mass is 35.5. The van der Waals surface area contributed by atoms with Crippen molar-refractivity contribution in [2.75, 3.05) is 13.7 Å². The Morgan fingerprint density at radius 1 is 0.857 bits per heavy atom. The van der Waals surface area contributed by atoms with Crippen LogP contribution in [-0.4, -0.2) is 19.7 Å². The van der Waals surface area contributed by atoms with Gasteiger partial charge < -0.3 is 14.2 Å². The number of halogens is 1. The van der Waals surface area contributed by atoms with Gasteiger partial charge in [-0.15, -0.1) is 0 Å². The van der Waals surface area contributed by atoms with E-state index in [4.69, 9.17) is 25.8 Å². The highest BCUT2D eigenvalue weighted by Gasteiger charge is 2.12. The smallest absolute Gasteiger partial charge is 0.349 e. The SMILES string of the molecule is COc1cc(/C=C/c2ccccc2)ccc1OC(=O)COc1ccccc1Cl. The van der Waals surface area contributed by atoms with Crippen LogP contribution in [0.1, 0.15) is 11.1 Å². The molecule has 142 valence electrons. The topological polar surface area (TPSA) is 44.8 Å². The summed E-state index contributed by atoms with van der Waals surface area (Å²) >= 11 is 6.00. The molecule has 0 bridgehead atoms. The Hall–Kier alpha value is -3.24. The molecule has 0 unspecified atom stereocenters. The fraction of sp³-hybridized carbons (Fsp3) is 0.0870. The van der Waals surface area contributed by atoms with Gasteiger partial charge in [-0.1, -0.05) is 72.3 Å². The van der Waals surface area contributed by atoms with Gasteiger partial charge in [-0.05, 0) is 35.4 Å². The number of benzene rings is 3. The third kappa shape index (κ3) is 5.38. The van der Waals surface area contributed by atoms with Crippen LogP contribution in [0, 0.1) is 0 Å². The molecule has 0 aromatic heterocycles. The van der Waals surface area contributed by atoms with Crippen molar-refractivity contribution >= 4 is 29.7 Å². The first-order valence-electron chi connectivity index (χ1n) is 8.65. The van der Waals surface area contributed by atoms with E-state index in [9.17, 15) is 4.79 Å².